The highest BCUT2D eigenvalue weighted by molar-refractivity contribution is 6.26. The lowest BCUT2D eigenvalue weighted by Gasteiger charge is -2.27. The Morgan fingerprint density at radius 3 is 1.31 bits per heavy atom. The number of hydrogen-bond acceptors (Lipinski definition) is 2. The number of nitrogens with zero attached hydrogens (tertiary/aromatic N) is 1. The summed E-state index contributed by atoms with van der Waals surface area (Å²) in [6.07, 6.45) is 0. The molecule has 0 saturated carbocycles. The van der Waals surface area contributed by atoms with E-state index in [1.54, 1.807) is 0 Å². The lowest BCUT2D eigenvalue weighted by Crippen LogP contribution is -2.10. The number of hydrogen-bond donors (Lipinski definition) is 0. The Balaban J connectivity index is 1.18. The third-order valence-corrected chi connectivity index (χ3v) is 10.5. The summed E-state index contributed by atoms with van der Waals surface area (Å²) in [4.78, 5) is 2.37. The van der Waals surface area contributed by atoms with Gasteiger partial charge in [-0.1, -0.05) is 170 Å². The molecule has 1 heterocycles. The first-order valence-corrected chi connectivity index (χ1v) is 18.4. The second-order valence-corrected chi connectivity index (χ2v) is 13.7. The number of fused-ring (bicyclic) bond motifs is 5. The van der Waals surface area contributed by atoms with Crippen LogP contribution in [0.25, 0.3) is 77.2 Å². The standard InChI is InChI=1S/C52H35NO/c1-4-13-36(14-5-1)39-23-25-42(26-24-39)47-35-43-19-10-11-20-46(43)50-51-48(21-12-22-49(51)54-52(47)50)53(44-31-27-40(28-32-44)37-15-6-2-7-16-37)45-33-29-41(30-34-45)38-17-8-3-9-18-38/h1-35H. The summed E-state index contributed by atoms with van der Waals surface area (Å²) in [6.45, 7) is 0. The number of anilines is 3. The smallest absolute Gasteiger partial charge is 0.143 e. The monoisotopic (exact) mass is 689 g/mol. The van der Waals surface area contributed by atoms with Crippen molar-refractivity contribution in [1.29, 1.82) is 0 Å². The van der Waals surface area contributed by atoms with Gasteiger partial charge in [-0.3, -0.25) is 0 Å². The van der Waals surface area contributed by atoms with E-state index in [0.717, 1.165) is 50.1 Å². The van der Waals surface area contributed by atoms with Gasteiger partial charge in [0.1, 0.15) is 11.2 Å². The van der Waals surface area contributed by atoms with Crippen molar-refractivity contribution in [3.8, 4) is 44.5 Å². The first-order valence-electron chi connectivity index (χ1n) is 18.4. The average molecular weight is 690 g/mol. The second kappa shape index (κ2) is 13.4. The van der Waals surface area contributed by atoms with Crippen LogP contribution in [0.2, 0.25) is 0 Å². The van der Waals surface area contributed by atoms with Crippen LogP contribution in [0.5, 0.6) is 0 Å². The van der Waals surface area contributed by atoms with Crippen molar-refractivity contribution in [1.82, 2.24) is 0 Å². The summed E-state index contributed by atoms with van der Waals surface area (Å²) < 4.78 is 6.95. The summed E-state index contributed by atoms with van der Waals surface area (Å²) in [7, 11) is 0. The first kappa shape index (κ1) is 31.6. The fraction of sp³-hybridized carbons (Fsp3) is 0. The number of furan rings is 1. The molecule has 9 aromatic carbocycles. The van der Waals surface area contributed by atoms with Gasteiger partial charge in [0, 0.05) is 22.3 Å². The molecule has 54 heavy (non-hydrogen) atoms. The van der Waals surface area contributed by atoms with E-state index in [2.05, 4.69) is 217 Å². The second-order valence-electron chi connectivity index (χ2n) is 13.7. The summed E-state index contributed by atoms with van der Waals surface area (Å²) in [5.74, 6) is 0. The Hall–Kier alpha value is -7.16. The molecule has 0 bridgehead atoms. The first-order chi connectivity index (χ1) is 26.8. The Labute approximate surface area is 314 Å². The van der Waals surface area contributed by atoms with E-state index in [1.165, 1.54) is 44.2 Å². The lowest BCUT2D eigenvalue weighted by atomic mass is 9.94. The predicted octanol–water partition coefficient (Wildman–Crippen LogP) is 14.9. The fourth-order valence-corrected chi connectivity index (χ4v) is 7.82. The quantitative estimate of drug-likeness (QED) is 0.166. The van der Waals surface area contributed by atoms with Crippen LogP contribution in [0.3, 0.4) is 0 Å². The van der Waals surface area contributed by atoms with E-state index in [4.69, 9.17) is 4.42 Å². The minimum Gasteiger partial charge on any atom is -0.455 e. The van der Waals surface area contributed by atoms with Crippen LogP contribution in [-0.2, 0) is 0 Å². The largest absolute Gasteiger partial charge is 0.455 e. The Morgan fingerprint density at radius 1 is 0.333 bits per heavy atom. The van der Waals surface area contributed by atoms with Crippen LogP contribution in [0.4, 0.5) is 17.1 Å². The molecule has 1 aromatic heterocycles. The van der Waals surface area contributed by atoms with Crippen molar-refractivity contribution in [2.75, 3.05) is 4.90 Å². The molecule has 0 aliphatic rings. The van der Waals surface area contributed by atoms with E-state index < -0.39 is 0 Å². The van der Waals surface area contributed by atoms with Crippen LogP contribution in [0.15, 0.2) is 217 Å². The van der Waals surface area contributed by atoms with Crippen LogP contribution in [0, 0.1) is 0 Å². The van der Waals surface area contributed by atoms with E-state index >= 15 is 0 Å². The van der Waals surface area contributed by atoms with Crippen molar-refractivity contribution in [2.45, 2.75) is 0 Å². The molecule has 0 radical (unpaired) electrons. The molecule has 10 aromatic rings. The van der Waals surface area contributed by atoms with Gasteiger partial charge in [-0.2, -0.15) is 0 Å². The van der Waals surface area contributed by atoms with Gasteiger partial charge in [-0.15, -0.1) is 0 Å². The van der Waals surface area contributed by atoms with Gasteiger partial charge < -0.3 is 9.32 Å². The van der Waals surface area contributed by atoms with E-state index in [1.807, 2.05) is 0 Å². The molecule has 0 amide bonds. The molecule has 0 spiro atoms. The third kappa shape index (κ3) is 5.62. The SMILES string of the molecule is c1ccc(-c2ccc(-c3cc4ccccc4c4c3oc3cccc(N(c5ccc(-c6ccccc6)cc5)c5ccc(-c6ccccc6)cc5)c34)cc2)cc1. The van der Waals surface area contributed by atoms with Gasteiger partial charge >= 0.3 is 0 Å². The summed E-state index contributed by atoms with van der Waals surface area (Å²) in [5, 5.41) is 4.55. The van der Waals surface area contributed by atoms with E-state index in [0.29, 0.717) is 0 Å². The molecule has 0 atom stereocenters. The Bertz CT molecular complexity index is 2790. The zero-order valence-electron chi connectivity index (χ0n) is 29.6. The summed E-state index contributed by atoms with van der Waals surface area (Å²) in [6, 6.07) is 75.7. The normalized spacial score (nSPS) is 11.3. The third-order valence-electron chi connectivity index (χ3n) is 10.5. The molecule has 2 nitrogen and oxygen atoms in total. The van der Waals surface area contributed by atoms with Crippen molar-refractivity contribution in [3.05, 3.63) is 212 Å². The van der Waals surface area contributed by atoms with Crippen molar-refractivity contribution < 1.29 is 4.42 Å². The highest BCUT2D eigenvalue weighted by Gasteiger charge is 2.23. The van der Waals surface area contributed by atoms with Crippen LogP contribution < -0.4 is 4.90 Å². The van der Waals surface area contributed by atoms with Crippen molar-refractivity contribution in [3.63, 3.8) is 0 Å². The van der Waals surface area contributed by atoms with Crippen molar-refractivity contribution in [2.24, 2.45) is 0 Å². The summed E-state index contributed by atoms with van der Waals surface area (Å²) >= 11 is 0. The maximum absolute atomic E-state index is 6.95. The molecule has 0 aliphatic heterocycles. The zero-order chi connectivity index (χ0) is 35.8. The molecule has 0 unspecified atom stereocenters. The predicted molar refractivity (Wildman–Crippen MR) is 228 cm³/mol. The van der Waals surface area contributed by atoms with E-state index in [9.17, 15) is 0 Å². The van der Waals surface area contributed by atoms with Gasteiger partial charge in [0.05, 0.1) is 11.1 Å². The lowest BCUT2D eigenvalue weighted by molar-refractivity contribution is 0.670. The van der Waals surface area contributed by atoms with Crippen LogP contribution >= 0.6 is 0 Å². The van der Waals surface area contributed by atoms with Gasteiger partial charge in [0.15, 0.2) is 0 Å². The molecule has 0 fully saturated rings. The Kier molecular flexibility index (Phi) is 7.85. The molecule has 0 saturated heterocycles. The molecular formula is C52H35NO. The highest BCUT2D eigenvalue weighted by atomic mass is 16.3. The van der Waals surface area contributed by atoms with Gasteiger partial charge in [0.2, 0.25) is 0 Å². The fourth-order valence-electron chi connectivity index (χ4n) is 7.82. The molecule has 0 N–H and O–H groups in total. The zero-order valence-corrected chi connectivity index (χ0v) is 29.6. The molecule has 254 valence electrons. The Morgan fingerprint density at radius 2 is 0.778 bits per heavy atom. The van der Waals surface area contributed by atoms with Gasteiger partial charge in [0.25, 0.3) is 0 Å². The van der Waals surface area contributed by atoms with Gasteiger partial charge in [-0.05, 0) is 92.2 Å². The van der Waals surface area contributed by atoms with Crippen molar-refractivity contribution >= 4 is 49.8 Å². The molecule has 10 rings (SSSR count). The minimum absolute atomic E-state index is 0.854. The van der Waals surface area contributed by atoms with Gasteiger partial charge in [-0.25, -0.2) is 0 Å². The number of benzene rings is 9. The minimum atomic E-state index is 0.854. The molecular weight excluding hydrogens is 655 g/mol. The average Bonchev–Trinajstić information content (AvgIpc) is 3.66. The maximum atomic E-state index is 6.95. The van der Waals surface area contributed by atoms with Crippen LogP contribution in [0.1, 0.15) is 0 Å². The number of rotatable bonds is 7. The van der Waals surface area contributed by atoms with Crippen LogP contribution in [-0.4, -0.2) is 0 Å². The maximum Gasteiger partial charge on any atom is 0.143 e. The summed E-state index contributed by atoms with van der Waals surface area (Å²) in [5.41, 5.74) is 14.3. The highest BCUT2D eigenvalue weighted by Crippen LogP contribution is 2.47. The molecule has 2 heteroatoms. The topological polar surface area (TPSA) is 16.4 Å². The van der Waals surface area contributed by atoms with E-state index in [-0.39, 0.29) is 0 Å². The molecule has 0 aliphatic carbocycles.